The van der Waals surface area contributed by atoms with Crippen molar-refractivity contribution in [1.82, 2.24) is 16.0 Å². The van der Waals surface area contributed by atoms with Crippen LogP contribution >= 0.6 is 0 Å². The number of piperidine rings is 1. The Balaban J connectivity index is 0.917. The zero-order valence-corrected chi connectivity index (χ0v) is 33.6. The fourth-order valence-electron chi connectivity index (χ4n) is 7.62. The number of rotatable bonds is 16. The Hall–Kier alpha value is -6.60. The Kier molecular flexibility index (Phi) is 12.7. The number of phenolic OH excluding ortho intramolecular Hbond substituents is 2. The topological polar surface area (TPSA) is 210 Å². The van der Waals surface area contributed by atoms with Crippen molar-refractivity contribution in [2.24, 2.45) is 0 Å². The molecule has 4 aromatic carbocycles. The van der Waals surface area contributed by atoms with Crippen molar-refractivity contribution in [2.45, 2.75) is 48.8 Å². The van der Waals surface area contributed by atoms with Crippen molar-refractivity contribution in [2.75, 3.05) is 37.2 Å². The third kappa shape index (κ3) is 10.1. The summed E-state index contributed by atoms with van der Waals surface area (Å²) in [6.07, 6.45) is -6.37. The number of hydrogen-bond acceptors (Lipinski definition) is 11. The Morgan fingerprint density at radius 1 is 0.774 bits per heavy atom. The summed E-state index contributed by atoms with van der Waals surface area (Å²) in [5.41, 5.74) is 2.64. The summed E-state index contributed by atoms with van der Waals surface area (Å²) in [6, 6.07) is 23.5. The van der Waals surface area contributed by atoms with Crippen LogP contribution in [0.15, 0.2) is 97.1 Å². The number of fused-ring (bicyclic) bond motifs is 2. The number of carbonyl (C=O) groups is 4. The van der Waals surface area contributed by atoms with Crippen LogP contribution in [0.2, 0.25) is 0 Å². The second-order valence-electron chi connectivity index (χ2n) is 14.8. The van der Waals surface area contributed by atoms with Crippen LogP contribution in [0.4, 0.5) is 18.9 Å². The molecule has 2 saturated heterocycles. The number of anilines is 1. The van der Waals surface area contributed by atoms with Gasteiger partial charge in [-0.15, -0.1) is 0 Å². The van der Waals surface area contributed by atoms with Crippen molar-refractivity contribution in [3.05, 3.63) is 114 Å². The zero-order chi connectivity index (χ0) is 44.2. The first-order valence-electron chi connectivity index (χ1n) is 19.4. The lowest BCUT2D eigenvalue weighted by molar-refractivity contribution is -0.134. The molecule has 3 aliphatic heterocycles. The van der Waals surface area contributed by atoms with E-state index in [9.17, 15) is 51.0 Å². The average molecular weight is 879 g/mol. The quantitative estimate of drug-likeness (QED) is 0.0798. The summed E-state index contributed by atoms with van der Waals surface area (Å²) < 4.78 is 88.1. The molecule has 4 amide bonds. The van der Waals surface area contributed by atoms with Crippen LogP contribution < -0.4 is 29.7 Å². The standard InChI is InChI=1S/C43H41F3N4O11S/c44-43(45,46)24-50(62(57,58)35-21-34-39(26-1-9-29(51)10-2-26)40(41(35)61-34)27-3-11-30(52)12-4-27)28-7-15-32(16-8-28)60-23-38(55)48-20-19-47-37(54)22-59-31-13-5-25(6-14-31)33-17-18-36(53)49-42(33)56/h1-16,33-35,41,51-52H,17-24H2,(H,47,54)(H,48,55)(H,49,53,56). The average Bonchev–Trinajstić information content (AvgIpc) is 3.84. The van der Waals surface area contributed by atoms with Crippen LogP contribution in [0.1, 0.15) is 41.9 Å². The highest BCUT2D eigenvalue weighted by Crippen LogP contribution is 2.51. The molecule has 2 bridgehead atoms. The van der Waals surface area contributed by atoms with Crippen LogP contribution in [-0.4, -0.2) is 98.7 Å². The fraction of sp³-hybridized carbons (Fsp3) is 0.302. The highest BCUT2D eigenvalue weighted by Gasteiger charge is 2.55. The minimum absolute atomic E-state index is 0.00497. The maximum absolute atomic E-state index is 14.3. The van der Waals surface area contributed by atoms with Gasteiger partial charge in [0.2, 0.25) is 21.8 Å². The number of carbonyl (C=O) groups excluding carboxylic acids is 4. The van der Waals surface area contributed by atoms with E-state index in [2.05, 4.69) is 16.0 Å². The predicted octanol–water partition coefficient (Wildman–Crippen LogP) is 4.16. The van der Waals surface area contributed by atoms with Gasteiger partial charge in [-0.3, -0.25) is 28.8 Å². The van der Waals surface area contributed by atoms with Gasteiger partial charge in [0.05, 0.1) is 17.7 Å². The van der Waals surface area contributed by atoms with E-state index in [1.807, 2.05) is 0 Å². The van der Waals surface area contributed by atoms with Gasteiger partial charge in [0.25, 0.3) is 11.8 Å². The van der Waals surface area contributed by atoms with E-state index < -0.39 is 64.5 Å². The van der Waals surface area contributed by atoms with Gasteiger partial charge in [-0.1, -0.05) is 36.4 Å². The van der Waals surface area contributed by atoms with E-state index >= 15 is 0 Å². The Morgan fingerprint density at radius 2 is 1.29 bits per heavy atom. The number of ether oxygens (including phenoxy) is 3. The summed E-state index contributed by atoms with van der Waals surface area (Å²) in [4.78, 5) is 48.2. The molecule has 0 radical (unpaired) electrons. The van der Waals surface area contributed by atoms with Crippen LogP contribution in [0, 0.1) is 0 Å². The summed E-state index contributed by atoms with van der Waals surface area (Å²) in [5.74, 6) is -1.73. The third-order valence-electron chi connectivity index (χ3n) is 10.5. The second kappa shape index (κ2) is 18.2. The molecule has 4 aromatic rings. The molecule has 326 valence electrons. The molecule has 3 aliphatic rings. The van der Waals surface area contributed by atoms with E-state index in [1.54, 1.807) is 48.5 Å². The van der Waals surface area contributed by atoms with E-state index in [0.717, 1.165) is 12.1 Å². The lowest BCUT2D eigenvalue weighted by atomic mass is 9.83. The minimum Gasteiger partial charge on any atom is -0.508 e. The molecule has 4 unspecified atom stereocenters. The molecular weight excluding hydrogens is 838 g/mol. The number of aromatic hydroxyl groups is 2. The Morgan fingerprint density at radius 3 is 1.81 bits per heavy atom. The highest BCUT2D eigenvalue weighted by atomic mass is 32.2. The van der Waals surface area contributed by atoms with Gasteiger partial charge in [0, 0.05) is 19.5 Å². The third-order valence-corrected chi connectivity index (χ3v) is 12.7. The molecule has 0 aliphatic carbocycles. The van der Waals surface area contributed by atoms with E-state index in [4.69, 9.17) is 14.2 Å². The van der Waals surface area contributed by atoms with Crippen molar-refractivity contribution >= 4 is 50.5 Å². The van der Waals surface area contributed by atoms with Gasteiger partial charge < -0.3 is 35.1 Å². The number of nitrogens with one attached hydrogen (secondary N) is 3. The van der Waals surface area contributed by atoms with Gasteiger partial charge in [0.1, 0.15) is 40.9 Å². The maximum atomic E-state index is 14.3. The zero-order valence-electron chi connectivity index (χ0n) is 32.8. The number of phenols is 2. The predicted molar refractivity (Wildman–Crippen MR) is 217 cm³/mol. The van der Waals surface area contributed by atoms with Gasteiger partial charge in [-0.05, 0) is 101 Å². The SMILES string of the molecule is O=C(COc1ccc(C2CCC(=O)NC2=O)cc1)NCCNC(=O)COc1ccc(N(CC(F)(F)F)S(=O)(=O)C2CC3OC2C(c2ccc(O)cc2)=C3c2ccc(O)cc2)cc1. The lowest BCUT2D eigenvalue weighted by Gasteiger charge is -2.32. The largest absolute Gasteiger partial charge is 0.508 e. The number of imide groups is 1. The van der Waals surface area contributed by atoms with E-state index in [-0.39, 0.29) is 67.3 Å². The number of amides is 4. The molecule has 2 fully saturated rings. The molecule has 0 aromatic heterocycles. The number of halogens is 3. The molecule has 62 heavy (non-hydrogen) atoms. The molecule has 0 spiro atoms. The summed E-state index contributed by atoms with van der Waals surface area (Å²) >= 11 is 0. The Bertz CT molecular complexity index is 2450. The molecule has 19 heteroatoms. The van der Waals surface area contributed by atoms with Crippen LogP contribution in [0.25, 0.3) is 11.1 Å². The molecule has 7 rings (SSSR count). The van der Waals surface area contributed by atoms with E-state index in [0.29, 0.717) is 44.3 Å². The van der Waals surface area contributed by atoms with Gasteiger partial charge >= 0.3 is 6.18 Å². The summed E-state index contributed by atoms with van der Waals surface area (Å²) in [5, 5.41) is 25.8. The van der Waals surface area contributed by atoms with Crippen molar-refractivity contribution in [1.29, 1.82) is 0 Å². The molecule has 0 saturated carbocycles. The second-order valence-corrected chi connectivity index (χ2v) is 16.8. The molecular formula is C43H41F3N4O11S. The fourth-order valence-corrected chi connectivity index (χ4v) is 9.62. The van der Waals surface area contributed by atoms with Gasteiger partial charge in [-0.25, -0.2) is 8.42 Å². The van der Waals surface area contributed by atoms with Crippen LogP contribution in [-0.2, 0) is 33.9 Å². The van der Waals surface area contributed by atoms with Crippen molar-refractivity contribution in [3.63, 3.8) is 0 Å². The van der Waals surface area contributed by atoms with E-state index in [1.165, 1.54) is 36.4 Å². The first kappa shape index (κ1) is 43.5. The normalized spacial score (nSPS) is 19.8. The van der Waals surface area contributed by atoms with Crippen molar-refractivity contribution in [3.8, 4) is 23.0 Å². The number of sulfonamides is 1. The van der Waals surface area contributed by atoms with Crippen molar-refractivity contribution < 1.29 is 65.2 Å². The first-order valence-corrected chi connectivity index (χ1v) is 21.0. The molecule has 15 nitrogen and oxygen atoms in total. The minimum atomic E-state index is -4.93. The molecule has 3 heterocycles. The summed E-state index contributed by atoms with van der Waals surface area (Å²) in [6.45, 7) is -2.55. The maximum Gasteiger partial charge on any atom is 0.407 e. The number of benzene rings is 4. The Labute approximate surface area is 353 Å². The molecule has 4 atom stereocenters. The molecule has 5 N–H and O–H groups in total. The van der Waals surface area contributed by atoms with Gasteiger partial charge in [-0.2, -0.15) is 13.2 Å². The smallest absolute Gasteiger partial charge is 0.407 e. The number of nitrogens with zero attached hydrogens (tertiary/aromatic N) is 1. The monoisotopic (exact) mass is 878 g/mol. The highest BCUT2D eigenvalue weighted by molar-refractivity contribution is 7.93. The number of hydrogen-bond donors (Lipinski definition) is 5. The summed E-state index contributed by atoms with van der Waals surface area (Å²) in [7, 11) is -4.76. The lowest BCUT2D eigenvalue weighted by Crippen LogP contribution is -2.47. The van der Waals surface area contributed by atoms with Crippen LogP contribution in [0.3, 0.4) is 0 Å². The number of alkyl halides is 3. The van der Waals surface area contributed by atoms with Crippen LogP contribution in [0.5, 0.6) is 23.0 Å². The van der Waals surface area contributed by atoms with Gasteiger partial charge in [0.15, 0.2) is 13.2 Å². The first-order chi connectivity index (χ1) is 29.6.